The first-order valence-electron chi connectivity index (χ1n) is 5.92. The lowest BCUT2D eigenvalue weighted by Gasteiger charge is -2.39. The fourth-order valence-corrected chi connectivity index (χ4v) is 1.56. The summed E-state index contributed by atoms with van der Waals surface area (Å²) in [6, 6.07) is 0. The van der Waals surface area contributed by atoms with Gasteiger partial charge in [0.25, 0.3) is 0 Å². The molecule has 17 heavy (non-hydrogen) atoms. The molecular weight excluding hydrogens is 222 g/mol. The summed E-state index contributed by atoms with van der Waals surface area (Å²) in [6.45, 7) is 11.3. The van der Waals surface area contributed by atoms with Crippen molar-refractivity contribution in [3.8, 4) is 0 Å². The molecule has 0 aromatic rings. The minimum Gasteiger partial charge on any atom is -0.465 e. The SMILES string of the molecule is CCOCC(C)(C)N([O])C(C)(C)C(=O)OCC. The lowest BCUT2D eigenvalue weighted by molar-refractivity contribution is -0.279. The van der Waals surface area contributed by atoms with Gasteiger partial charge in [0, 0.05) is 6.61 Å². The third kappa shape index (κ3) is 4.26. The molecule has 0 aliphatic rings. The van der Waals surface area contributed by atoms with E-state index in [9.17, 15) is 10.0 Å². The molecule has 5 heteroatoms. The van der Waals surface area contributed by atoms with Crippen LogP contribution in [0.3, 0.4) is 0 Å². The number of hydroxylamine groups is 2. The van der Waals surface area contributed by atoms with Crippen LogP contribution in [0.25, 0.3) is 0 Å². The molecule has 0 unspecified atom stereocenters. The number of esters is 1. The van der Waals surface area contributed by atoms with Gasteiger partial charge in [0.15, 0.2) is 0 Å². The topological polar surface area (TPSA) is 58.7 Å². The van der Waals surface area contributed by atoms with E-state index in [1.807, 2.05) is 6.92 Å². The highest BCUT2D eigenvalue weighted by molar-refractivity contribution is 5.79. The number of carbonyl (C=O) groups excluding carboxylic acids is 1. The maximum Gasteiger partial charge on any atom is 0.328 e. The zero-order chi connectivity index (χ0) is 13.7. The van der Waals surface area contributed by atoms with Gasteiger partial charge in [0.1, 0.15) is 5.54 Å². The van der Waals surface area contributed by atoms with Crippen molar-refractivity contribution < 1.29 is 19.5 Å². The summed E-state index contributed by atoms with van der Waals surface area (Å²) in [7, 11) is 0. The number of rotatable bonds is 7. The Kier molecular flexibility index (Phi) is 6.09. The Balaban J connectivity index is 4.75. The molecule has 0 atom stereocenters. The Morgan fingerprint density at radius 3 is 2.06 bits per heavy atom. The van der Waals surface area contributed by atoms with Gasteiger partial charge in [-0.2, -0.15) is 0 Å². The zero-order valence-electron chi connectivity index (χ0n) is 11.7. The molecule has 0 rings (SSSR count). The summed E-state index contributed by atoms with van der Waals surface area (Å²) in [4.78, 5) is 11.7. The van der Waals surface area contributed by atoms with Gasteiger partial charge in [-0.1, -0.05) is 0 Å². The van der Waals surface area contributed by atoms with E-state index in [1.54, 1.807) is 34.6 Å². The first-order valence-corrected chi connectivity index (χ1v) is 5.92. The molecule has 101 valence electrons. The van der Waals surface area contributed by atoms with Crippen molar-refractivity contribution in [1.29, 1.82) is 0 Å². The average molecular weight is 246 g/mol. The highest BCUT2D eigenvalue weighted by Crippen LogP contribution is 2.25. The Morgan fingerprint density at radius 2 is 1.65 bits per heavy atom. The minimum atomic E-state index is -1.21. The Labute approximate surface area is 104 Å². The van der Waals surface area contributed by atoms with Crippen LogP contribution in [0.1, 0.15) is 41.5 Å². The lowest BCUT2D eigenvalue weighted by Crippen LogP contribution is -2.59. The summed E-state index contributed by atoms with van der Waals surface area (Å²) in [5, 5.41) is 13.0. The molecule has 0 bridgehead atoms. The van der Waals surface area contributed by atoms with Crippen LogP contribution in [0, 0.1) is 0 Å². The summed E-state index contributed by atoms with van der Waals surface area (Å²) in [6.07, 6.45) is 0. The smallest absolute Gasteiger partial charge is 0.328 e. The molecular formula is C12H24NO4. The highest BCUT2D eigenvalue weighted by atomic mass is 16.6. The monoisotopic (exact) mass is 246 g/mol. The van der Waals surface area contributed by atoms with Gasteiger partial charge in [0.2, 0.25) is 0 Å². The van der Waals surface area contributed by atoms with Crippen LogP contribution in [-0.2, 0) is 19.5 Å². The van der Waals surface area contributed by atoms with Gasteiger partial charge in [-0.3, -0.25) is 0 Å². The molecule has 0 aliphatic carbocycles. The van der Waals surface area contributed by atoms with Gasteiger partial charge < -0.3 is 9.47 Å². The van der Waals surface area contributed by atoms with Crippen LogP contribution < -0.4 is 0 Å². The third-order valence-electron chi connectivity index (χ3n) is 2.49. The zero-order valence-corrected chi connectivity index (χ0v) is 11.7. The first kappa shape index (κ1) is 16.4. The van der Waals surface area contributed by atoms with Crippen LogP contribution in [-0.4, -0.2) is 41.9 Å². The van der Waals surface area contributed by atoms with E-state index in [0.717, 1.165) is 5.06 Å². The number of ether oxygens (including phenoxy) is 2. The summed E-state index contributed by atoms with van der Waals surface area (Å²) >= 11 is 0. The molecule has 0 aliphatic heterocycles. The second kappa shape index (κ2) is 6.33. The highest BCUT2D eigenvalue weighted by Gasteiger charge is 2.44. The summed E-state index contributed by atoms with van der Waals surface area (Å²) in [5.41, 5.74) is -1.98. The van der Waals surface area contributed by atoms with E-state index < -0.39 is 17.0 Å². The van der Waals surface area contributed by atoms with Crippen LogP contribution in [0.4, 0.5) is 0 Å². The fourth-order valence-electron chi connectivity index (χ4n) is 1.56. The van der Waals surface area contributed by atoms with Crippen LogP contribution >= 0.6 is 0 Å². The van der Waals surface area contributed by atoms with E-state index in [4.69, 9.17) is 9.47 Å². The van der Waals surface area contributed by atoms with E-state index >= 15 is 0 Å². The number of carbonyl (C=O) groups is 1. The van der Waals surface area contributed by atoms with Crippen molar-refractivity contribution in [3.05, 3.63) is 0 Å². The second-order valence-electron chi connectivity index (χ2n) is 5.02. The molecule has 1 radical (unpaired) electrons. The Morgan fingerprint density at radius 1 is 1.12 bits per heavy atom. The van der Waals surface area contributed by atoms with Crippen molar-refractivity contribution >= 4 is 5.97 Å². The molecule has 0 spiro atoms. The average Bonchev–Trinajstić information content (AvgIpc) is 2.25. The predicted octanol–water partition coefficient (Wildman–Crippen LogP) is 1.79. The molecule has 0 heterocycles. The van der Waals surface area contributed by atoms with Crippen molar-refractivity contribution in [1.82, 2.24) is 5.06 Å². The number of hydrogen-bond donors (Lipinski definition) is 0. The van der Waals surface area contributed by atoms with Crippen LogP contribution in [0.15, 0.2) is 0 Å². The minimum absolute atomic E-state index is 0.266. The van der Waals surface area contributed by atoms with Gasteiger partial charge in [0.05, 0.1) is 18.8 Å². The van der Waals surface area contributed by atoms with Gasteiger partial charge >= 0.3 is 5.97 Å². The molecule has 0 fully saturated rings. The van der Waals surface area contributed by atoms with Crippen LogP contribution in [0.2, 0.25) is 0 Å². The molecule has 0 aromatic carbocycles. The third-order valence-corrected chi connectivity index (χ3v) is 2.49. The fraction of sp³-hybridized carbons (Fsp3) is 0.917. The maximum absolute atomic E-state index is 12.2. The first-order chi connectivity index (χ1) is 7.70. The van der Waals surface area contributed by atoms with E-state index in [1.165, 1.54) is 0 Å². The van der Waals surface area contributed by atoms with E-state index in [0.29, 0.717) is 6.61 Å². The maximum atomic E-state index is 12.2. The molecule has 0 saturated heterocycles. The molecule has 0 amide bonds. The quantitative estimate of drug-likeness (QED) is 0.507. The standard InChI is InChI=1S/C12H24NO4/c1-7-16-9-11(3,4)13(15)12(5,6)10(14)17-8-2/h7-9H2,1-6H3. The van der Waals surface area contributed by atoms with Crippen molar-refractivity contribution in [2.75, 3.05) is 19.8 Å². The predicted molar refractivity (Wildman–Crippen MR) is 63.8 cm³/mol. The number of hydrogen-bond acceptors (Lipinski definition) is 4. The van der Waals surface area contributed by atoms with Crippen molar-refractivity contribution in [2.45, 2.75) is 52.6 Å². The van der Waals surface area contributed by atoms with E-state index in [-0.39, 0.29) is 13.2 Å². The van der Waals surface area contributed by atoms with E-state index in [2.05, 4.69) is 0 Å². The normalized spacial score (nSPS) is 12.9. The molecule has 0 N–H and O–H groups in total. The lowest BCUT2D eigenvalue weighted by atomic mass is 9.97. The van der Waals surface area contributed by atoms with Gasteiger partial charge in [-0.05, 0) is 41.5 Å². The van der Waals surface area contributed by atoms with Gasteiger partial charge in [-0.15, -0.1) is 10.3 Å². The summed E-state index contributed by atoms with van der Waals surface area (Å²) in [5.74, 6) is -0.514. The number of nitrogens with zero attached hydrogens (tertiary/aromatic N) is 1. The van der Waals surface area contributed by atoms with Crippen molar-refractivity contribution in [2.24, 2.45) is 0 Å². The van der Waals surface area contributed by atoms with Gasteiger partial charge in [-0.25, -0.2) is 4.79 Å². The molecule has 0 aromatic heterocycles. The summed E-state index contributed by atoms with van der Waals surface area (Å²) < 4.78 is 10.2. The van der Waals surface area contributed by atoms with Crippen molar-refractivity contribution in [3.63, 3.8) is 0 Å². The van der Waals surface area contributed by atoms with Crippen LogP contribution in [0.5, 0.6) is 0 Å². The molecule has 0 saturated carbocycles. The second-order valence-corrected chi connectivity index (χ2v) is 5.02. The Hall–Kier alpha value is -0.650. The Bertz CT molecular complexity index is 251. The molecule has 5 nitrogen and oxygen atoms in total. The largest absolute Gasteiger partial charge is 0.465 e.